The van der Waals surface area contributed by atoms with Crippen LogP contribution in [0.4, 0.5) is 5.69 Å². The number of thiocarbonyl (C=S) groups is 1. The Labute approximate surface area is 190 Å². The van der Waals surface area contributed by atoms with Gasteiger partial charge in [-0.3, -0.25) is 9.69 Å². The number of hydrogen-bond donors (Lipinski definition) is 3. The number of amides is 1. The fraction of sp³-hybridized carbons (Fsp3) is 0.0952. The number of para-hydroxylation sites is 1. The summed E-state index contributed by atoms with van der Waals surface area (Å²) in [4.78, 5) is 48.1. The first-order chi connectivity index (χ1) is 15.1. The molecule has 3 rings (SSSR count). The van der Waals surface area contributed by atoms with Gasteiger partial charge in [-0.1, -0.05) is 42.2 Å². The van der Waals surface area contributed by atoms with Crippen molar-refractivity contribution in [2.45, 2.75) is 13.0 Å². The van der Waals surface area contributed by atoms with Crippen molar-refractivity contribution in [1.29, 1.82) is 0 Å². The van der Waals surface area contributed by atoms with Gasteiger partial charge in [0.2, 0.25) is 0 Å². The monoisotopic (exact) mass is 473 g/mol. The van der Waals surface area contributed by atoms with E-state index < -0.39 is 29.9 Å². The molecule has 1 amide bonds. The van der Waals surface area contributed by atoms with Crippen LogP contribution in [-0.4, -0.2) is 49.6 Å². The molecule has 0 aliphatic carbocycles. The minimum atomic E-state index is -1.35. The zero-order chi connectivity index (χ0) is 23.6. The van der Waals surface area contributed by atoms with E-state index in [1.165, 1.54) is 13.0 Å². The molecule has 0 saturated carbocycles. The summed E-state index contributed by atoms with van der Waals surface area (Å²) >= 11 is 6.21. The number of rotatable bonds is 7. The Kier molecular flexibility index (Phi) is 6.61. The predicted octanol–water partition coefficient (Wildman–Crippen LogP) is 3.34. The summed E-state index contributed by atoms with van der Waals surface area (Å²) < 4.78 is 5.51. The molecule has 1 saturated heterocycles. The number of aliphatic carboxylic acids is 1. The number of carbonyl (C=O) groups excluding carboxylic acids is 1. The number of hydrogen-bond acceptors (Lipinski definition) is 7. The number of carbonyl (C=O) groups is 4. The van der Waals surface area contributed by atoms with Crippen LogP contribution >= 0.6 is 24.0 Å². The van der Waals surface area contributed by atoms with Gasteiger partial charge >= 0.3 is 17.9 Å². The van der Waals surface area contributed by atoms with E-state index in [0.29, 0.717) is 5.56 Å². The van der Waals surface area contributed by atoms with Gasteiger partial charge in [-0.25, -0.2) is 14.4 Å². The Balaban J connectivity index is 1.99. The molecule has 2 aromatic rings. The van der Waals surface area contributed by atoms with Crippen molar-refractivity contribution in [1.82, 2.24) is 0 Å². The Bertz CT molecular complexity index is 1160. The van der Waals surface area contributed by atoms with Crippen LogP contribution in [0.25, 0.3) is 6.08 Å². The summed E-state index contributed by atoms with van der Waals surface area (Å²) in [6.45, 7) is 1.37. The predicted molar refractivity (Wildman–Crippen MR) is 120 cm³/mol. The van der Waals surface area contributed by atoms with Crippen molar-refractivity contribution in [2.75, 3.05) is 4.90 Å². The van der Waals surface area contributed by atoms with Gasteiger partial charge in [0.05, 0.1) is 21.7 Å². The molecule has 32 heavy (non-hydrogen) atoms. The minimum Gasteiger partial charge on any atom is -0.479 e. The highest BCUT2D eigenvalue weighted by atomic mass is 32.2. The van der Waals surface area contributed by atoms with Crippen LogP contribution in [-0.2, 0) is 9.59 Å². The van der Waals surface area contributed by atoms with Crippen molar-refractivity contribution in [2.24, 2.45) is 0 Å². The fourth-order valence-electron chi connectivity index (χ4n) is 2.77. The second kappa shape index (κ2) is 9.20. The number of carboxylic acids is 3. The molecule has 164 valence electrons. The summed E-state index contributed by atoms with van der Waals surface area (Å²) in [5.41, 5.74) is -0.164. The molecule has 9 nitrogen and oxygen atoms in total. The summed E-state index contributed by atoms with van der Waals surface area (Å²) in [5.74, 6) is -4.20. The van der Waals surface area contributed by atoms with Crippen LogP contribution < -0.4 is 9.64 Å². The lowest BCUT2D eigenvalue weighted by Gasteiger charge is -2.16. The van der Waals surface area contributed by atoms with Gasteiger partial charge in [0.15, 0.2) is 10.4 Å². The third-order valence-electron chi connectivity index (χ3n) is 4.32. The first-order valence-electron chi connectivity index (χ1n) is 8.96. The molecule has 0 bridgehead atoms. The maximum Gasteiger partial charge on any atom is 0.344 e. The second-order valence-corrected chi connectivity index (χ2v) is 8.21. The molecule has 11 heteroatoms. The van der Waals surface area contributed by atoms with E-state index in [2.05, 4.69) is 0 Å². The molecule has 0 aromatic heterocycles. The van der Waals surface area contributed by atoms with Gasteiger partial charge in [-0.05, 0) is 37.3 Å². The summed E-state index contributed by atoms with van der Waals surface area (Å²) in [6.07, 6.45) is 0.356. The van der Waals surface area contributed by atoms with Crippen LogP contribution in [0, 0.1) is 0 Å². The van der Waals surface area contributed by atoms with E-state index >= 15 is 0 Å². The molecule has 2 aromatic carbocycles. The number of anilines is 1. The molecule has 1 atom stereocenters. The van der Waals surface area contributed by atoms with Crippen molar-refractivity contribution < 1.29 is 39.2 Å². The molecule has 0 radical (unpaired) electrons. The Morgan fingerprint density at radius 1 is 1.06 bits per heavy atom. The van der Waals surface area contributed by atoms with Crippen molar-refractivity contribution in [3.05, 3.63) is 64.1 Å². The minimum absolute atomic E-state index is 0.0113. The normalized spacial score (nSPS) is 15.7. The fourth-order valence-corrected chi connectivity index (χ4v) is 4.06. The molecule has 1 aliphatic rings. The van der Waals surface area contributed by atoms with E-state index in [1.54, 1.807) is 24.3 Å². The summed E-state index contributed by atoms with van der Waals surface area (Å²) in [6, 6.07) is 9.82. The highest BCUT2D eigenvalue weighted by Crippen LogP contribution is 2.38. The van der Waals surface area contributed by atoms with Gasteiger partial charge < -0.3 is 20.1 Å². The van der Waals surface area contributed by atoms with Gasteiger partial charge in [0, 0.05) is 5.56 Å². The van der Waals surface area contributed by atoms with E-state index in [0.717, 1.165) is 34.9 Å². The van der Waals surface area contributed by atoms with Gasteiger partial charge in [0.1, 0.15) is 5.75 Å². The average molecular weight is 473 g/mol. The Hall–Kier alpha value is -3.70. The summed E-state index contributed by atoms with van der Waals surface area (Å²) in [7, 11) is 0. The van der Waals surface area contributed by atoms with Crippen LogP contribution in [0.5, 0.6) is 5.75 Å². The number of carboxylic acid groups (broad SMARTS) is 3. The highest BCUT2D eigenvalue weighted by molar-refractivity contribution is 8.27. The zero-order valence-corrected chi connectivity index (χ0v) is 18.0. The molecule has 1 fully saturated rings. The molecule has 3 N–H and O–H groups in total. The van der Waals surface area contributed by atoms with Gasteiger partial charge in [-0.15, -0.1) is 0 Å². The lowest BCUT2D eigenvalue weighted by atomic mass is 10.1. The third kappa shape index (κ3) is 4.79. The van der Waals surface area contributed by atoms with E-state index in [1.807, 2.05) is 0 Å². The van der Waals surface area contributed by atoms with Crippen LogP contribution in [0.15, 0.2) is 47.4 Å². The van der Waals surface area contributed by atoms with Crippen LogP contribution in [0.2, 0.25) is 0 Å². The Morgan fingerprint density at radius 3 is 2.22 bits per heavy atom. The van der Waals surface area contributed by atoms with E-state index in [4.69, 9.17) is 22.1 Å². The SMILES string of the molecule is CC(Oc1ccccc1/C=C1\SC(=S)N(c2cc(C(=O)O)cc(C(=O)O)c2)C1=O)C(=O)O. The highest BCUT2D eigenvalue weighted by Gasteiger charge is 2.34. The maximum atomic E-state index is 13.0. The lowest BCUT2D eigenvalue weighted by molar-refractivity contribution is -0.144. The number of aromatic carboxylic acids is 2. The van der Waals surface area contributed by atoms with Crippen molar-refractivity contribution >= 4 is 63.9 Å². The quantitative estimate of drug-likeness (QED) is 0.405. The maximum absolute atomic E-state index is 13.0. The third-order valence-corrected chi connectivity index (χ3v) is 5.62. The average Bonchev–Trinajstić information content (AvgIpc) is 3.01. The van der Waals surface area contributed by atoms with Crippen molar-refractivity contribution in [3.63, 3.8) is 0 Å². The standard InChI is InChI=1S/C21H15NO8S2/c1-10(18(24)25)30-15-5-3-2-4-11(15)9-16-17(23)22(21(31)32-16)14-7-12(19(26)27)6-13(8-14)20(28)29/h2-10H,1H3,(H,24,25)(H,26,27)(H,28,29)/b16-9-. The van der Waals surface area contributed by atoms with Crippen molar-refractivity contribution in [3.8, 4) is 5.75 Å². The first-order valence-corrected chi connectivity index (χ1v) is 10.2. The smallest absolute Gasteiger partial charge is 0.344 e. The second-order valence-electron chi connectivity index (χ2n) is 6.53. The molecular formula is C21H15NO8S2. The number of thioether (sulfide) groups is 1. The largest absolute Gasteiger partial charge is 0.479 e. The number of nitrogens with zero attached hydrogens (tertiary/aromatic N) is 1. The van der Waals surface area contributed by atoms with Crippen LogP contribution in [0.1, 0.15) is 33.2 Å². The topological polar surface area (TPSA) is 141 Å². The van der Waals surface area contributed by atoms with E-state index in [9.17, 15) is 29.4 Å². The zero-order valence-electron chi connectivity index (χ0n) is 16.3. The molecule has 0 spiro atoms. The molecule has 1 heterocycles. The Morgan fingerprint density at radius 2 is 1.66 bits per heavy atom. The first kappa shape index (κ1) is 23.0. The number of ether oxygens (including phenoxy) is 1. The molecule has 1 aliphatic heterocycles. The molecule has 1 unspecified atom stereocenters. The summed E-state index contributed by atoms with van der Waals surface area (Å²) in [5, 5.41) is 27.6. The number of benzene rings is 2. The van der Waals surface area contributed by atoms with E-state index in [-0.39, 0.29) is 31.8 Å². The van der Waals surface area contributed by atoms with Gasteiger partial charge in [-0.2, -0.15) is 0 Å². The van der Waals surface area contributed by atoms with Crippen LogP contribution in [0.3, 0.4) is 0 Å². The molecular weight excluding hydrogens is 458 g/mol. The lowest BCUT2D eigenvalue weighted by Crippen LogP contribution is -2.28. The van der Waals surface area contributed by atoms with Gasteiger partial charge in [0.25, 0.3) is 5.91 Å².